The van der Waals surface area contributed by atoms with Crippen molar-refractivity contribution >= 4 is 36.8 Å². The van der Waals surface area contributed by atoms with E-state index in [1.54, 1.807) is 72.8 Å². The molecule has 0 aliphatic heterocycles. The van der Waals surface area contributed by atoms with Crippen LogP contribution in [-0.2, 0) is 23.1 Å². The Morgan fingerprint density at radius 2 is 0.778 bits per heavy atom. The molecule has 0 heterocycles. The molecule has 4 rings (SSSR count). The van der Waals surface area contributed by atoms with E-state index in [1.807, 2.05) is 0 Å². The van der Waals surface area contributed by atoms with Gasteiger partial charge in [-0.2, -0.15) is 0 Å². The van der Waals surface area contributed by atoms with E-state index in [9.17, 15) is 24.3 Å². The zero-order chi connectivity index (χ0) is 32.0. The third kappa shape index (κ3) is 9.26. The van der Waals surface area contributed by atoms with E-state index in [0.717, 1.165) is 0 Å². The predicted molar refractivity (Wildman–Crippen MR) is 165 cm³/mol. The normalized spacial score (nSPS) is 13.4. The molecule has 0 saturated carbocycles. The largest absolute Gasteiger partial charge is 0.452 e. The summed E-state index contributed by atoms with van der Waals surface area (Å²) in [6.45, 7) is -1.33. The number of rotatable bonds is 14. The van der Waals surface area contributed by atoms with Gasteiger partial charge in [-0.3, -0.25) is 0 Å². The van der Waals surface area contributed by atoms with Crippen molar-refractivity contribution in [1.29, 1.82) is 0 Å². The third-order valence-electron chi connectivity index (χ3n) is 6.52. The lowest BCUT2D eigenvalue weighted by atomic mass is 10.0. The van der Waals surface area contributed by atoms with Crippen molar-refractivity contribution in [2.45, 2.75) is 24.4 Å². The molecular formula is C34H30O10S. The number of thiol groups is 1. The molecule has 0 aliphatic rings. The Morgan fingerprint density at radius 3 is 1.09 bits per heavy atom. The maximum atomic E-state index is 13.4. The number of carbonyl (C=O) groups excluding carboxylic acids is 4. The van der Waals surface area contributed by atoms with Gasteiger partial charge in [-0.05, 0) is 61.4 Å². The Labute approximate surface area is 265 Å². The van der Waals surface area contributed by atoms with Gasteiger partial charge in [-0.1, -0.05) is 72.8 Å². The summed E-state index contributed by atoms with van der Waals surface area (Å²) in [4.78, 5) is 53.0. The van der Waals surface area contributed by atoms with Crippen LogP contribution in [0.2, 0.25) is 0 Å². The fourth-order valence-corrected chi connectivity index (χ4v) is 4.42. The highest BCUT2D eigenvalue weighted by Crippen LogP contribution is 2.24. The van der Waals surface area contributed by atoms with Crippen LogP contribution >= 0.6 is 12.9 Å². The average Bonchev–Trinajstić information content (AvgIpc) is 3.09. The van der Waals surface area contributed by atoms with Crippen LogP contribution in [0, 0.1) is 0 Å². The Kier molecular flexibility index (Phi) is 12.3. The Bertz CT molecular complexity index is 1530. The molecule has 0 bridgehead atoms. The van der Waals surface area contributed by atoms with Gasteiger partial charge in [-0.15, -0.1) is 0 Å². The topological polar surface area (TPSA) is 135 Å². The van der Waals surface area contributed by atoms with Crippen LogP contribution in [0.1, 0.15) is 41.4 Å². The summed E-state index contributed by atoms with van der Waals surface area (Å²) in [7, 11) is 0. The molecule has 4 aromatic carbocycles. The second-order valence-corrected chi connectivity index (χ2v) is 9.83. The molecule has 45 heavy (non-hydrogen) atoms. The molecule has 4 atom stereocenters. The highest BCUT2D eigenvalue weighted by atomic mass is 32.1. The van der Waals surface area contributed by atoms with E-state index >= 15 is 0 Å². The number of hydrogen-bond acceptors (Lipinski definition) is 11. The molecule has 0 spiro atoms. The fraction of sp³-hybridized carbons (Fsp3) is 0.176. The monoisotopic (exact) mass is 630 g/mol. The van der Waals surface area contributed by atoms with Crippen LogP contribution in [0.25, 0.3) is 0 Å². The summed E-state index contributed by atoms with van der Waals surface area (Å²) in [6, 6.07) is 31.7. The number of esters is 4. The molecule has 0 fully saturated rings. The second kappa shape index (κ2) is 16.8. The molecule has 4 aromatic rings. The van der Waals surface area contributed by atoms with E-state index < -0.39 is 61.5 Å². The van der Waals surface area contributed by atoms with E-state index in [1.165, 1.54) is 48.5 Å². The molecule has 10 nitrogen and oxygen atoms in total. The van der Waals surface area contributed by atoms with Crippen molar-refractivity contribution in [2.24, 2.45) is 0 Å². The molecule has 0 aromatic heterocycles. The van der Waals surface area contributed by atoms with Crippen LogP contribution in [0.3, 0.4) is 0 Å². The first-order chi connectivity index (χ1) is 21.9. The van der Waals surface area contributed by atoms with Crippen molar-refractivity contribution in [3.8, 4) is 0 Å². The fourth-order valence-electron chi connectivity index (χ4n) is 4.28. The number of carbonyl (C=O) groups is 4. The molecule has 0 amide bonds. The highest BCUT2D eigenvalue weighted by Gasteiger charge is 2.45. The van der Waals surface area contributed by atoms with Gasteiger partial charge in [-0.25, -0.2) is 19.2 Å². The lowest BCUT2D eigenvalue weighted by molar-refractivity contribution is -0.135. The number of aliphatic hydroxyl groups is 1. The molecule has 0 unspecified atom stereocenters. The molecule has 232 valence electrons. The van der Waals surface area contributed by atoms with Crippen molar-refractivity contribution in [1.82, 2.24) is 0 Å². The minimum absolute atomic E-state index is 0.116. The molecule has 0 aliphatic carbocycles. The zero-order valence-electron chi connectivity index (χ0n) is 23.8. The third-order valence-corrected chi connectivity index (χ3v) is 6.67. The van der Waals surface area contributed by atoms with Crippen LogP contribution in [-0.4, -0.2) is 66.6 Å². The zero-order valence-corrected chi connectivity index (χ0v) is 24.7. The Balaban J connectivity index is 1.77. The van der Waals surface area contributed by atoms with Crippen molar-refractivity contribution < 1.29 is 47.4 Å². The van der Waals surface area contributed by atoms with Gasteiger partial charge in [0.2, 0.25) is 0 Å². The second-order valence-electron chi connectivity index (χ2n) is 9.57. The summed E-state index contributed by atoms with van der Waals surface area (Å²) < 4.78 is 28.0. The van der Waals surface area contributed by atoms with Gasteiger partial charge in [0.1, 0.15) is 6.61 Å². The minimum atomic E-state index is -1.71. The maximum absolute atomic E-state index is 13.4. The molecule has 11 heteroatoms. The van der Waals surface area contributed by atoms with E-state index in [-0.39, 0.29) is 22.3 Å². The van der Waals surface area contributed by atoms with Gasteiger partial charge in [0.15, 0.2) is 24.4 Å². The van der Waals surface area contributed by atoms with Gasteiger partial charge >= 0.3 is 23.9 Å². The summed E-state index contributed by atoms with van der Waals surface area (Å²) in [6.07, 6.45) is -6.45. The predicted octanol–water partition coefficient (Wildman–Crippen LogP) is 4.74. The van der Waals surface area contributed by atoms with Gasteiger partial charge < -0.3 is 28.2 Å². The average molecular weight is 631 g/mol. The van der Waals surface area contributed by atoms with Crippen LogP contribution < -0.4 is 0 Å². The Morgan fingerprint density at radius 1 is 0.489 bits per heavy atom. The lowest BCUT2D eigenvalue weighted by Crippen LogP contribution is -2.54. The van der Waals surface area contributed by atoms with Crippen LogP contribution in [0.5, 0.6) is 0 Å². The summed E-state index contributed by atoms with van der Waals surface area (Å²) in [5.74, 6) is -3.45. The first-order valence-electron chi connectivity index (χ1n) is 13.8. The number of hydrogen-bond donors (Lipinski definition) is 2. The Hall–Kier alpha value is -4.97. The van der Waals surface area contributed by atoms with Gasteiger partial charge in [0.05, 0.1) is 28.9 Å². The summed E-state index contributed by atoms with van der Waals surface area (Å²) in [5.41, 5.74) is 0.553. The summed E-state index contributed by atoms with van der Waals surface area (Å²) >= 11 is 3.82. The number of ether oxygens (including phenoxy) is 4. The lowest BCUT2D eigenvalue weighted by Gasteiger charge is -2.35. The molecule has 0 radical (unpaired) electrons. The van der Waals surface area contributed by atoms with Crippen LogP contribution in [0.4, 0.5) is 0 Å². The summed E-state index contributed by atoms with van der Waals surface area (Å²) in [5, 5.41) is 10.5. The van der Waals surface area contributed by atoms with E-state index in [4.69, 9.17) is 23.1 Å². The molecule has 0 saturated heterocycles. The van der Waals surface area contributed by atoms with Gasteiger partial charge in [0.25, 0.3) is 0 Å². The quantitative estimate of drug-likeness (QED) is 0.0871. The van der Waals surface area contributed by atoms with Crippen LogP contribution in [0.15, 0.2) is 121 Å². The number of aliphatic hydroxyl groups excluding tert-OH is 1. The molecular weight excluding hydrogens is 600 g/mol. The maximum Gasteiger partial charge on any atom is 0.338 e. The van der Waals surface area contributed by atoms with E-state index in [0.29, 0.717) is 0 Å². The SMILES string of the molecule is O=C(O[C@@H]([C@H](OC(=O)c1ccccc1)[C@@H](COS)OC(=O)c1ccccc1)[C@@H](CO)OC(=O)c1ccccc1)c1ccccc1. The van der Waals surface area contributed by atoms with E-state index in [2.05, 4.69) is 12.9 Å². The first-order valence-corrected chi connectivity index (χ1v) is 14.2. The first kappa shape index (κ1) is 32.9. The minimum Gasteiger partial charge on any atom is -0.452 e. The van der Waals surface area contributed by atoms with Gasteiger partial charge in [0, 0.05) is 0 Å². The number of benzene rings is 4. The standard InChI is InChI=1S/C34H30O10S/c35-21-27(41-31(36)23-13-5-1-6-14-23)29(43-33(38)25-17-9-3-10-18-25)30(44-34(39)26-19-11-4-12-20-26)28(22-40-45)42-32(37)24-15-7-2-8-16-24/h1-20,27-30,35,45H,21-22H2/t27-,28-,29-,30-/m1/s1. The van der Waals surface area contributed by atoms with Crippen molar-refractivity contribution in [3.05, 3.63) is 144 Å². The molecule has 1 N–H and O–H groups in total. The van der Waals surface area contributed by atoms with Crippen molar-refractivity contribution in [2.75, 3.05) is 13.2 Å². The van der Waals surface area contributed by atoms with Crippen molar-refractivity contribution in [3.63, 3.8) is 0 Å². The smallest absolute Gasteiger partial charge is 0.338 e. The highest BCUT2D eigenvalue weighted by molar-refractivity contribution is 7.75.